The fourth-order valence-electron chi connectivity index (χ4n) is 3.37. The van der Waals surface area contributed by atoms with Crippen LogP contribution < -0.4 is 0 Å². The summed E-state index contributed by atoms with van der Waals surface area (Å²) in [6.45, 7) is 9.55. The molecule has 27 heavy (non-hydrogen) atoms. The van der Waals surface area contributed by atoms with E-state index in [0.29, 0.717) is 23.4 Å². The number of Topliss-reactive ketones (excluding diaryl/α,β-unsaturated/α-hetero) is 1. The minimum atomic E-state index is -0.653. The molecular weight excluding hydrogens is 368 g/mol. The summed E-state index contributed by atoms with van der Waals surface area (Å²) in [4.78, 5) is 29.0. The van der Waals surface area contributed by atoms with Crippen LogP contribution in [-0.4, -0.2) is 41.6 Å². The molecule has 2 rings (SSSR count). The molecule has 0 saturated carbocycles. The second-order valence-corrected chi connectivity index (χ2v) is 7.06. The summed E-state index contributed by atoms with van der Waals surface area (Å²) in [5, 5.41) is 0.0801. The monoisotopic (exact) mass is 392 g/mol. The summed E-state index contributed by atoms with van der Waals surface area (Å²) < 4.78 is 12.5. The van der Waals surface area contributed by atoms with Crippen molar-refractivity contribution in [2.75, 3.05) is 20.3 Å². The minimum absolute atomic E-state index is 0.0801. The molecule has 146 valence electrons. The standard InChI is InChI=1S/C20H25ClN2O4/c1-11-7-12(2)22-19(21)18(11)20(25)27-10-17(24)16-8-13(3)23(15(16)5)14(4)9-26-6/h7-8,14H,9-10H2,1-6H3/t14-/m0/s1. The van der Waals surface area contributed by atoms with Gasteiger partial charge in [0.2, 0.25) is 5.78 Å². The molecule has 0 aliphatic heterocycles. The van der Waals surface area contributed by atoms with E-state index in [2.05, 4.69) is 4.98 Å². The summed E-state index contributed by atoms with van der Waals surface area (Å²) in [7, 11) is 1.64. The van der Waals surface area contributed by atoms with Crippen molar-refractivity contribution in [3.05, 3.63) is 51.1 Å². The van der Waals surface area contributed by atoms with E-state index < -0.39 is 5.97 Å². The van der Waals surface area contributed by atoms with E-state index in [0.717, 1.165) is 11.4 Å². The van der Waals surface area contributed by atoms with Crippen LogP contribution in [0.3, 0.4) is 0 Å². The normalized spacial score (nSPS) is 12.1. The first kappa shape index (κ1) is 21.1. The molecule has 0 saturated heterocycles. The molecule has 2 heterocycles. The number of hydrogen-bond donors (Lipinski definition) is 0. The van der Waals surface area contributed by atoms with Crippen molar-refractivity contribution >= 4 is 23.4 Å². The van der Waals surface area contributed by atoms with Gasteiger partial charge in [-0.05, 0) is 52.3 Å². The highest BCUT2D eigenvalue weighted by molar-refractivity contribution is 6.32. The Kier molecular flexibility index (Phi) is 6.78. The molecule has 2 aromatic heterocycles. The lowest BCUT2D eigenvalue weighted by atomic mass is 10.1. The van der Waals surface area contributed by atoms with E-state index in [1.54, 1.807) is 27.0 Å². The molecule has 0 spiro atoms. The van der Waals surface area contributed by atoms with Gasteiger partial charge in [0.15, 0.2) is 6.61 Å². The number of rotatable bonds is 7. The van der Waals surface area contributed by atoms with Crippen molar-refractivity contribution in [3.63, 3.8) is 0 Å². The van der Waals surface area contributed by atoms with Gasteiger partial charge < -0.3 is 14.0 Å². The highest BCUT2D eigenvalue weighted by Gasteiger charge is 2.22. The van der Waals surface area contributed by atoms with E-state index in [4.69, 9.17) is 21.1 Å². The summed E-state index contributed by atoms with van der Waals surface area (Å²) in [6, 6.07) is 3.65. The summed E-state index contributed by atoms with van der Waals surface area (Å²) in [5.41, 5.74) is 3.87. The second-order valence-electron chi connectivity index (χ2n) is 6.70. The summed E-state index contributed by atoms with van der Waals surface area (Å²) in [6.07, 6.45) is 0. The van der Waals surface area contributed by atoms with Crippen LogP contribution in [0.5, 0.6) is 0 Å². The molecule has 0 fully saturated rings. The fourth-order valence-corrected chi connectivity index (χ4v) is 3.73. The van der Waals surface area contributed by atoms with Crippen LogP contribution in [-0.2, 0) is 9.47 Å². The number of nitrogens with zero attached hydrogens (tertiary/aromatic N) is 2. The first-order valence-electron chi connectivity index (χ1n) is 8.68. The molecule has 0 aliphatic rings. The Hall–Kier alpha value is -2.18. The number of hydrogen-bond acceptors (Lipinski definition) is 5. The van der Waals surface area contributed by atoms with E-state index >= 15 is 0 Å². The number of methoxy groups -OCH3 is 1. The number of pyridine rings is 1. The Balaban J connectivity index is 2.15. The quantitative estimate of drug-likeness (QED) is 0.404. The van der Waals surface area contributed by atoms with Crippen LogP contribution in [0.25, 0.3) is 0 Å². The molecule has 0 amide bonds. The first-order valence-corrected chi connectivity index (χ1v) is 9.06. The third-order valence-corrected chi connectivity index (χ3v) is 4.75. The topological polar surface area (TPSA) is 70.4 Å². The Morgan fingerprint density at radius 3 is 2.48 bits per heavy atom. The minimum Gasteiger partial charge on any atom is -0.454 e. The molecule has 0 unspecified atom stereocenters. The Morgan fingerprint density at radius 1 is 1.22 bits per heavy atom. The number of ether oxygens (including phenoxy) is 2. The third kappa shape index (κ3) is 4.57. The van der Waals surface area contributed by atoms with Crippen molar-refractivity contribution < 1.29 is 19.1 Å². The van der Waals surface area contributed by atoms with Gasteiger partial charge in [-0.15, -0.1) is 0 Å². The molecule has 0 aliphatic carbocycles. The van der Waals surface area contributed by atoms with Gasteiger partial charge in [-0.25, -0.2) is 9.78 Å². The third-order valence-electron chi connectivity index (χ3n) is 4.47. The van der Waals surface area contributed by atoms with E-state index in [1.807, 2.05) is 31.4 Å². The maximum Gasteiger partial charge on any atom is 0.342 e. The lowest BCUT2D eigenvalue weighted by Crippen LogP contribution is -2.18. The predicted molar refractivity (Wildman–Crippen MR) is 104 cm³/mol. The van der Waals surface area contributed by atoms with Crippen molar-refractivity contribution in [2.24, 2.45) is 0 Å². The maximum absolute atomic E-state index is 12.6. The fraction of sp³-hybridized carbons (Fsp3) is 0.450. The zero-order valence-corrected chi connectivity index (χ0v) is 17.3. The number of carbonyl (C=O) groups is 2. The maximum atomic E-state index is 12.6. The largest absolute Gasteiger partial charge is 0.454 e. The van der Waals surface area contributed by atoms with Crippen LogP contribution in [0.4, 0.5) is 0 Å². The van der Waals surface area contributed by atoms with Crippen molar-refractivity contribution in [2.45, 2.75) is 40.7 Å². The Morgan fingerprint density at radius 2 is 1.89 bits per heavy atom. The second kappa shape index (κ2) is 8.67. The number of ketones is 1. The molecule has 0 aromatic carbocycles. The van der Waals surface area contributed by atoms with Gasteiger partial charge in [0, 0.05) is 29.8 Å². The Labute approximate surface area is 164 Å². The van der Waals surface area contributed by atoms with Crippen LogP contribution in [0.1, 0.15) is 56.3 Å². The van der Waals surface area contributed by atoms with E-state index in [9.17, 15) is 9.59 Å². The van der Waals surface area contributed by atoms with Gasteiger partial charge >= 0.3 is 5.97 Å². The van der Waals surface area contributed by atoms with Crippen LogP contribution in [0, 0.1) is 27.7 Å². The van der Waals surface area contributed by atoms with E-state index in [-0.39, 0.29) is 29.1 Å². The Bertz CT molecular complexity index is 850. The first-order chi connectivity index (χ1) is 12.7. The van der Waals surface area contributed by atoms with Gasteiger partial charge in [-0.3, -0.25) is 4.79 Å². The molecule has 0 N–H and O–H groups in total. The number of aryl methyl sites for hydroxylation is 3. The van der Waals surface area contributed by atoms with Gasteiger partial charge in [-0.1, -0.05) is 11.6 Å². The van der Waals surface area contributed by atoms with E-state index in [1.165, 1.54) is 0 Å². The van der Waals surface area contributed by atoms with Crippen molar-refractivity contribution in [1.82, 2.24) is 9.55 Å². The zero-order chi connectivity index (χ0) is 20.3. The van der Waals surface area contributed by atoms with Gasteiger partial charge in [0.1, 0.15) is 5.15 Å². The SMILES string of the molecule is COC[C@H](C)n1c(C)cc(C(=O)COC(=O)c2c(C)cc(C)nc2Cl)c1C. The number of aromatic nitrogens is 2. The molecule has 7 heteroatoms. The van der Waals surface area contributed by atoms with Crippen molar-refractivity contribution in [3.8, 4) is 0 Å². The molecule has 2 aromatic rings. The summed E-state index contributed by atoms with van der Waals surface area (Å²) in [5.74, 6) is -0.916. The van der Waals surface area contributed by atoms with Gasteiger partial charge in [0.05, 0.1) is 18.2 Å². The highest BCUT2D eigenvalue weighted by atomic mass is 35.5. The lowest BCUT2D eigenvalue weighted by Gasteiger charge is -2.17. The zero-order valence-electron chi connectivity index (χ0n) is 16.6. The van der Waals surface area contributed by atoms with Crippen LogP contribution >= 0.6 is 11.6 Å². The van der Waals surface area contributed by atoms with Crippen LogP contribution in [0.2, 0.25) is 5.15 Å². The molecule has 0 bridgehead atoms. The number of esters is 1. The average Bonchev–Trinajstić information content (AvgIpc) is 2.86. The number of halogens is 1. The van der Waals surface area contributed by atoms with Gasteiger partial charge in [-0.2, -0.15) is 0 Å². The van der Waals surface area contributed by atoms with Crippen molar-refractivity contribution in [1.29, 1.82) is 0 Å². The molecule has 1 atom stereocenters. The van der Waals surface area contributed by atoms with Crippen LogP contribution in [0.15, 0.2) is 12.1 Å². The molecule has 0 radical (unpaired) electrons. The predicted octanol–water partition coefficient (Wildman–Crippen LogP) is 4.02. The highest BCUT2D eigenvalue weighted by Crippen LogP contribution is 2.22. The molecule has 6 nitrogen and oxygen atoms in total. The smallest absolute Gasteiger partial charge is 0.342 e. The average molecular weight is 393 g/mol. The lowest BCUT2D eigenvalue weighted by molar-refractivity contribution is 0.0473. The summed E-state index contributed by atoms with van der Waals surface area (Å²) >= 11 is 6.06. The number of carbonyl (C=O) groups excluding carboxylic acids is 2. The van der Waals surface area contributed by atoms with Gasteiger partial charge in [0.25, 0.3) is 0 Å². The molecular formula is C20H25ClN2O4.